The lowest BCUT2D eigenvalue weighted by molar-refractivity contribution is -0.384. The molecule has 0 bridgehead atoms. The SMILES string of the molecule is CC(C)(C)OC(=O)N1CCCC1c1ncc(-c2ccc([N+](=O)[O-])cc2)[nH]1. The normalized spacial score (nSPS) is 17.3. The van der Waals surface area contributed by atoms with Gasteiger partial charge in [-0.2, -0.15) is 0 Å². The third-order valence-corrected chi connectivity index (χ3v) is 4.18. The van der Waals surface area contributed by atoms with Gasteiger partial charge >= 0.3 is 6.09 Å². The van der Waals surface area contributed by atoms with Crippen molar-refractivity contribution >= 4 is 11.8 Å². The number of nitrogens with one attached hydrogen (secondary N) is 1. The number of amides is 1. The van der Waals surface area contributed by atoms with Crippen molar-refractivity contribution in [3.63, 3.8) is 0 Å². The summed E-state index contributed by atoms with van der Waals surface area (Å²) >= 11 is 0. The average molecular weight is 358 g/mol. The van der Waals surface area contributed by atoms with Crippen molar-refractivity contribution < 1.29 is 14.5 Å². The molecule has 1 aromatic heterocycles. The number of rotatable bonds is 3. The number of likely N-dealkylation sites (tertiary alicyclic amines) is 1. The predicted octanol–water partition coefficient (Wildman–Crippen LogP) is 4.06. The molecular formula is C18H22N4O4. The molecule has 8 nitrogen and oxygen atoms in total. The number of benzene rings is 1. The molecule has 8 heteroatoms. The van der Waals surface area contributed by atoms with Gasteiger partial charge in [-0.25, -0.2) is 9.78 Å². The van der Waals surface area contributed by atoms with E-state index in [2.05, 4.69) is 9.97 Å². The Balaban J connectivity index is 1.78. The van der Waals surface area contributed by atoms with Crippen molar-refractivity contribution in [2.75, 3.05) is 6.54 Å². The fraction of sp³-hybridized carbons (Fsp3) is 0.444. The highest BCUT2D eigenvalue weighted by Gasteiger charge is 2.34. The number of hydrogen-bond donors (Lipinski definition) is 1. The first-order valence-corrected chi connectivity index (χ1v) is 8.54. The van der Waals surface area contributed by atoms with Crippen molar-refractivity contribution in [3.05, 3.63) is 46.4 Å². The Morgan fingerprint density at radius 1 is 1.35 bits per heavy atom. The van der Waals surface area contributed by atoms with Crippen LogP contribution in [0.5, 0.6) is 0 Å². The van der Waals surface area contributed by atoms with Gasteiger partial charge in [-0.15, -0.1) is 0 Å². The van der Waals surface area contributed by atoms with Gasteiger partial charge in [-0.1, -0.05) is 0 Å². The van der Waals surface area contributed by atoms with Crippen LogP contribution in [0.25, 0.3) is 11.3 Å². The highest BCUT2D eigenvalue weighted by atomic mass is 16.6. The third kappa shape index (κ3) is 3.84. The predicted molar refractivity (Wildman–Crippen MR) is 95.6 cm³/mol. The second-order valence-corrected chi connectivity index (χ2v) is 7.32. The number of nitro groups is 1. The summed E-state index contributed by atoms with van der Waals surface area (Å²) in [5.41, 5.74) is 1.06. The minimum atomic E-state index is -0.544. The van der Waals surface area contributed by atoms with Crippen molar-refractivity contribution in [2.45, 2.75) is 45.3 Å². The zero-order chi connectivity index (χ0) is 18.9. The van der Waals surface area contributed by atoms with Crippen molar-refractivity contribution in [2.24, 2.45) is 0 Å². The first kappa shape index (κ1) is 17.9. The zero-order valence-electron chi connectivity index (χ0n) is 15.1. The quantitative estimate of drug-likeness (QED) is 0.658. The van der Waals surface area contributed by atoms with Crippen molar-refractivity contribution in [1.29, 1.82) is 0 Å². The van der Waals surface area contributed by atoms with E-state index in [0.717, 1.165) is 24.1 Å². The molecule has 1 aliphatic rings. The maximum Gasteiger partial charge on any atom is 0.410 e. The molecule has 0 saturated carbocycles. The molecule has 2 heterocycles. The lowest BCUT2D eigenvalue weighted by atomic mass is 10.1. The highest BCUT2D eigenvalue weighted by Crippen LogP contribution is 2.33. The van der Waals surface area contributed by atoms with Crippen LogP contribution < -0.4 is 0 Å². The van der Waals surface area contributed by atoms with E-state index in [0.29, 0.717) is 12.4 Å². The molecule has 1 fully saturated rings. The topological polar surface area (TPSA) is 101 Å². The van der Waals surface area contributed by atoms with Crippen LogP contribution in [0.2, 0.25) is 0 Å². The van der Waals surface area contributed by atoms with Crippen LogP contribution in [0.3, 0.4) is 0 Å². The fourth-order valence-electron chi connectivity index (χ4n) is 3.01. The molecule has 0 spiro atoms. The van der Waals surface area contributed by atoms with Crippen LogP contribution in [0.4, 0.5) is 10.5 Å². The summed E-state index contributed by atoms with van der Waals surface area (Å²) in [5, 5.41) is 10.8. The Morgan fingerprint density at radius 3 is 2.65 bits per heavy atom. The fourth-order valence-corrected chi connectivity index (χ4v) is 3.01. The molecule has 26 heavy (non-hydrogen) atoms. The maximum atomic E-state index is 12.4. The van der Waals surface area contributed by atoms with Crippen LogP contribution in [0, 0.1) is 10.1 Å². The van der Waals surface area contributed by atoms with Crippen LogP contribution in [0.15, 0.2) is 30.5 Å². The molecule has 3 rings (SSSR count). The Bertz CT molecular complexity index is 807. The molecule has 1 unspecified atom stereocenters. The van der Waals surface area contributed by atoms with Crippen LogP contribution in [0.1, 0.15) is 45.5 Å². The van der Waals surface area contributed by atoms with Gasteiger partial charge in [0.2, 0.25) is 0 Å². The lowest BCUT2D eigenvalue weighted by Crippen LogP contribution is -2.36. The van der Waals surface area contributed by atoms with Gasteiger partial charge in [0.25, 0.3) is 5.69 Å². The lowest BCUT2D eigenvalue weighted by Gasteiger charge is -2.27. The highest BCUT2D eigenvalue weighted by molar-refractivity contribution is 5.69. The number of aromatic amines is 1. The van der Waals surface area contributed by atoms with Crippen molar-refractivity contribution in [1.82, 2.24) is 14.9 Å². The van der Waals surface area contributed by atoms with Gasteiger partial charge in [0, 0.05) is 24.2 Å². The van der Waals surface area contributed by atoms with E-state index in [1.165, 1.54) is 12.1 Å². The molecule has 1 atom stereocenters. The Hall–Kier alpha value is -2.90. The number of imidazole rings is 1. The molecule has 1 saturated heterocycles. The Labute approximate surface area is 151 Å². The first-order chi connectivity index (χ1) is 12.2. The Kier molecular flexibility index (Phi) is 4.67. The second kappa shape index (κ2) is 6.78. The molecule has 0 radical (unpaired) electrons. The minimum absolute atomic E-state index is 0.0420. The number of nitro benzene ring substituents is 1. The summed E-state index contributed by atoms with van der Waals surface area (Å²) in [6.07, 6.45) is 3.04. The summed E-state index contributed by atoms with van der Waals surface area (Å²) < 4.78 is 5.48. The second-order valence-electron chi connectivity index (χ2n) is 7.32. The van der Waals surface area contributed by atoms with E-state index in [1.807, 2.05) is 20.8 Å². The van der Waals surface area contributed by atoms with E-state index >= 15 is 0 Å². The van der Waals surface area contributed by atoms with Gasteiger partial charge in [0.15, 0.2) is 0 Å². The molecular weight excluding hydrogens is 336 g/mol. The molecule has 1 aromatic carbocycles. The van der Waals surface area contributed by atoms with Crippen molar-refractivity contribution in [3.8, 4) is 11.3 Å². The largest absolute Gasteiger partial charge is 0.444 e. The average Bonchev–Trinajstić information content (AvgIpc) is 3.22. The number of ether oxygens (including phenoxy) is 1. The summed E-state index contributed by atoms with van der Waals surface area (Å²) in [6.45, 7) is 6.16. The Morgan fingerprint density at radius 2 is 2.04 bits per heavy atom. The summed E-state index contributed by atoms with van der Waals surface area (Å²) in [5.74, 6) is 0.696. The van der Waals surface area contributed by atoms with Gasteiger partial charge < -0.3 is 9.72 Å². The summed E-state index contributed by atoms with van der Waals surface area (Å²) in [7, 11) is 0. The van der Waals surface area contributed by atoms with Gasteiger partial charge in [0.1, 0.15) is 11.4 Å². The number of carbonyl (C=O) groups is 1. The van der Waals surface area contributed by atoms with E-state index in [-0.39, 0.29) is 17.8 Å². The molecule has 1 amide bonds. The van der Waals surface area contributed by atoms with Gasteiger partial charge in [0.05, 0.1) is 22.9 Å². The number of aromatic nitrogens is 2. The molecule has 0 aliphatic carbocycles. The third-order valence-electron chi connectivity index (χ3n) is 4.18. The molecule has 138 valence electrons. The number of nitrogens with zero attached hydrogens (tertiary/aromatic N) is 3. The zero-order valence-corrected chi connectivity index (χ0v) is 15.1. The van der Waals surface area contributed by atoms with Crippen LogP contribution in [-0.2, 0) is 4.74 Å². The summed E-state index contributed by atoms with van der Waals surface area (Å²) in [6, 6.07) is 6.11. The molecule has 1 aliphatic heterocycles. The number of non-ortho nitro benzene ring substituents is 1. The summed E-state index contributed by atoms with van der Waals surface area (Å²) in [4.78, 5) is 32.1. The van der Waals surface area contributed by atoms with E-state index in [1.54, 1.807) is 23.2 Å². The number of H-pyrrole nitrogens is 1. The smallest absolute Gasteiger partial charge is 0.410 e. The van der Waals surface area contributed by atoms with E-state index < -0.39 is 10.5 Å². The van der Waals surface area contributed by atoms with E-state index in [4.69, 9.17) is 4.74 Å². The van der Waals surface area contributed by atoms with Gasteiger partial charge in [-0.05, 0) is 45.7 Å². The molecule has 1 N–H and O–H groups in total. The van der Waals surface area contributed by atoms with Crippen LogP contribution >= 0.6 is 0 Å². The number of carbonyl (C=O) groups excluding carboxylic acids is 1. The van der Waals surface area contributed by atoms with Crippen LogP contribution in [-0.4, -0.2) is 38.0 Å². The monoisotopic (exact) mass is 358 g/mol. The molecule has 2 aromatic rings. The first-order valence-electron chi connectivity index (χ1n) is 8.54. The maximum absolute atomic E-state index is 12.4. The van der Waals surface area contributed by atoms with Gasteiger partial charge in [-0.3, -0.25) is 15.0 Å². The standard InChI is InChI=1S/C18H22N4O4/c1-18(2,3)26-17(23)21-10-4-5-15(21)16-19-11-14(20-16)12-6-8-13(9-7-12)22(24)25/h6-9,11,15H,4-5,10H2,1-3H3,(H,19,20). The minimum Gasteiger partial charge on any atom is -0.444 e. The number of hydrogen-bond acceptors (Lipinski definition) is 5. The van der Waals surface area contributed by atoms with E-state index in [9.17, 15) is 14.9 Å².